The number of hydrogen-bond donors (Lipinski definition) is 1. The number of ketones is 1. The number of carbonyl (C=O) groups excluding carboxylic acids is 3. The van der Waals surface area contributed by atoms with E-state index in [2.05, 4.69) is 27.3 Å². The predicted molar refractivity (Wildman–Crippen MR) is 157 cm³/mol. The first-order chi connectivity index (χ1) is 20.1. The Kier molecular flexibility index (Phi) is 6.79. The number of rotatable bonds is 8. The van der Waals surface area contributed by atoms with Crippen molar-refractivity contribution in [2.45, 2.75) is 65.7 Å². The summed E-state index contributed by atoms with van der Waals surface area (Å²) in [5.41, 5.74) is 4.50. The van der Waals surface area contributed by atoms with Crippen molar-refractivity contribution in [2.75, 3.05) is 7.11 Å². The number of aromatic nitrogens is 4. The molecule has 2 fully saturated rings. The summed E-state index contributed by atoms with van der Waals surface area (Å²) in [7, 11) is 1.61. The molecule has 2 amide bonds. The molecule has 3 atom stereocenters. The Morgan fingerprint density at radius 3 is 2.43 bits per heavy atom. The van der Waals surface area contributed by atoms with E-state index in [1.165, 1.54) is 6.92 Å². The van der Waals surface area contributed by atoms with E-state index in [4.69, 9.17) is 4.74 Å². The standard InChI is InChI=1S/C32H34N6O4/c1-18-10-22(23-15-33-20(3)34-16-23)11-25-29(19(2)39)36-37(30(18)25)17-28(40)38-26(12-32(4)13-27(32)38)31(41)35-14-21-6-8-24(42-5)9-7-21/h6-11,15-16,26-27H,12-14,17H2,1-5H3,(H,35,41)/t26-,27+,32-/m0/s1. The molecule has 2 aliphatic rings. The van der Waals surface area contributed by atoms with Crippen molar-refractivity contribution in [1.82, 2.24) is 30.0 Å². The van der Waals surface area contributed by atoms with Crippen LogP contribution in [0.25, 0.3) is 22.0 Å². The molecular formula is C32H34N6O4. The molecule has 0 radical (unpaired) electrons. The minimum Gasteiger partial charge on any atom is -0.497 e. The highest BCUT2D eigenvalue weighted by atomic mass is 16.5. The van der Waals surface area contributed by atoms with Crippen molar-refractivity contribution in [3.63, 3.8) is 0 Å². The van der Waals surface area contributed by atoms with Crippen molar-refractivity contribution < 1.29 is 19.1 Å². The normalized spacial score (nSPS) is 20.8. The molecule has 4 aromatic rings. The molecule has 2 aromatic carbocycles. The van der Waals surface area contributed by atoms with Gasteiger partial charge in [-0.3, -0.25) is 19.1 Å². The highest BCUT2D eigenvalue weighted by Gasteiger charge is 2.64. The number of Topliss-reactive ketones (excluding diaryl/α,β-unsaturated/α-hetero) is 1. The summed E-state index contributed by atoms with van der Waals surface area (Å²) in [5.74, 6) is 0.896. The number of aryl methyl sites for hydroxylation is 2. The van der Waals surface area contributed by atoms with Crippen LogP contribution in [0.5, 0.6) is 5.75 Å². The smallest absolute Gasteiger partial charge is 0.245 e. The number of amides is 2. The van der Waals surface area contributed by atoms with Crippen LogP contribution in [0.1, 0.15) is 54.1 Å². The molecule has 1 saturated heterocycles. The van der Waals surface area contributed by atoms with Gasteiger partial charge in [-0.05, 0) is 73.1 Å². The van der Waals surface area contributed by atoms with Gasteiger partial charge in [-0.25, -0.2) is 9.97 Å². The van der Waals surface area contributed by atoms with Gasteiger partial charge in [0, 0.05) is 42.9 Å². The van der Waals surface area contributed by atoms with E-state index in [0.29, 0.717) is 29.9 Å². The van der Waals surface area contributed by atoms with E-state index in [0.717, 1.165) is 39.9 Å². The lowest BCUT2D eigenvalue weighted by atomic mass is 10.0. The number of piperidine rings is 1. The predicted octanol–water partition coefficient (Wildman–Crippen LogP) is 4.02. The highest BCUT2D eigenvalue weighted by Crippen LogP contribution is 2.59. The second-order valence-electron chi connectivity index (χ2n) is 11.7. The summed E-state index contributed by atoms with van der Waals surface area (Å²) in [6.45, 7) is 7.68. The lowest BCUT2D eigenvalue weighted by molar-refractivity contribution is -0.140. The summed E-state index contributed by atoms with van der Waals surface area (Å²) in [5, 5.41) is 8.30. The van der Waals surface area contributed by atoms with Crippen molar-refractivity contribution in [2.24, 2.45) is 5.41 Å². The van der Waals surface area contributed by atoms with E-state index in [-0.39, 0.29) is 35.6 Å². The Labute approximate surface area is 244 Å². The molecule has 0 spiro atoms. The van der Waals surface area contributed by atoms with Gasteiger partial charge in [-0.15, -0.1) is 0 Å². The van der Waals surface area contributed by atoms with Crippen LogP contribution in [0.4, 0.5) is 0 Å². The third kappa shape index (κ3) is 4.91. The molecule has 10 heteroatoms. The quantitative estimate of drug-likeness (QED) is 0.320. The molecule has 0 unspecified atom stereocenters. The summed E-state index contributed by atoms with van der Waals surface area (Å²) in [6.07, 6.45) is 5.01. The summed E-state index contributed by atoms with van der Waals surface area (Å²) in [6, 6.07) is 10.9. The topological polar surface area (TPSA) is 119 Å². The third-order valence-corrected chi connectivity index (χ3v) is 8.62. The average molecular weight is 567 g/mol. The third-order valence-electron chi connectivity index (χ3n) is 8.62. The number of carbonyl (C=O) groups is 3. The first-order valence-electron chi connectivity index (χ1n) is 14.1. The SMILES string of the molecule is COc1ccc(CNC(=O)[C@@H]2C[C@@]3(C)C[C@H]3N2C(=O)Cn2nc(C(C)=O)c3cc(-c4cnc(C)nc4)cc(C)c32)cc1. The van der Waals surface area contributed by atoms with Gasteiger partial charge in [-0.1, -0.05) is 19.1 Å². The van der Waals surface area contributed by atoms with Crippen molar-refractivity contribution in [3.8, 4) is 16.9 Å². The summed E-state index contributed by atoms with van der Waals surface area (Å²) >= 11 is 0. The molecule has 1 aliphatic heterocycles. The van der Waals surface area contributed by atoms with E-state index in [9.17, 15) is 14.4 Å². The molecule has 1 N–H and O–H groups in total. The minimum atomic E-state index is -0.553. The van der Waals surface area contributed by atoms with E-state index < -0.39 is 6.04 Å². The van der Waals surface area contributed by atoms with Gasteiger partial charge in [0.15, 0.2) is 5.78 Å². The maximum atomic E-state index is 13.9. The van der Waals surface area contributed by atoms with Gasteiger partial charge in [0.25, 0.3) is 0 Å². The Balaban J connectivity index is 1.26. The number of fused-ring (bicyclic) bond motifs is 2. The number of methoxy groups -OCH3 is 1. The molecule has 216 valence electrons. The van der Waals surface area contributed by atoms with Crippen LogP contribution in [0, 0.1) is 19.3 Å². The van der Waals surface area contributed by atoms with Gasteiger partial charge in [0.1, 0.15) is 29.9 Å². The van der Waals surface area contributed by atoms with Crippen molar-refractivity contribution in [3.05, 3.63) is 71.4 Å². The monoisotopic (exact) mass is 566 g/mol. The molecule has 6 rings (SSSR count). The molecular weight excluding hydrogens is 532 g/mol. The minimum absolute atomic E-state index is 0.0186. The Morgan fingerprint density at radius 1 is 1.05 bits per heavy atom. The largest absolute Gasteiger partial charge is 0.497 e. The van der Waals surface area contributed by atoms with Crippen LogP contribution in [0.15, 0.2) is 48.8 Å². The zero-order valence-corrected chi connectivity index (χ0v) is 24.5. The molecule has 0 bridgehead atoms. The van der Waals surface area contributed by atoms with E-state index >= 15 is 0 Å². The lowest BCUT2D eigenvalue weighted by Crippen LogP contribution is -2.48. The maximum Gasteiger partial charge on any atom is 0.245 e. The van der Waals surface area contributed by atoms with Gasteiger partial charge < -0.3 is 15.0 Å². The average Bonchev–Trinajstić information content (AvgIpc) is 3.32. The maximum absolute atomic E-state index is 13.9. The van der Waals surface area contributed by atoms with Gasteiger partial charge >= 0.3 is 0 Å². The second-order valence-corrected chi connectivity index (χ2v) is 11.7. The first kappa shape index (κ1) is 27.6. The number of likely N-dealkylation sites (tertiary alicyclic amines) is 1. The Hall–Kier alpha value is -4.60. The fourth-order valence-electron chi connectivity index (χ4n) is 6.23. The molecule has 2 aromatic heterocycles. The number of benzene rings is 2. The van der Waals surface area contributed by atoms with Crippen LogP contribution in [0.3, 0.4) is 0 Å². The number of nitrogens with one attached hydrogen (secondary N) is 1. The van der Waals surface area contributed by atoms with Crippen LogP contribution in [-0.2, 0) is 22.7 Å². The van der Waals surface area contributed by atoms with Crippen LogP contribution in [-0.4, -0.2) is 61.4 Å². The number of hydrogen-bond acceptors (Lipinski definition) is 7. The molecule has 3 heterocycles. The van der Waals surface area contributed by atoms with E-state index in [1.54, 1.807) is 29.1 Å². The van der Waals surface area contributed by atoms with Crippen LogP contribution >= 0.6 is 0 Å². The van der Waals surface area contributed by atoms with E-state index in [1.807, 2.05) is 50.2 Å². The number of nitrogens with zero attached hydrogens (tertiary/aromatic N) is 5. The van der Waals surface area contributed by atoms with Gasteiger partial charge in [-0.2, -0.15) is 5.10 Å². The second kappa shape index (κ2) is 10.3. The Morgan fingerprint density at radius 2 is 1.76 bits per heavy atom. The fraction of sp³-hybridized carbons (Fsp3) is 0.375. The molecule has 1 saturated carbocycles. The van der Waals surface area contributed by atoms with Crippen molar-refractivity contribution in [1.29, 1.82) is 0 Å². The molecule has 10 nitrogen and oxygen atoms in total. The zero-order chi connectivity index (χ0) is 29.8. The van der Waals surface area contributed by atoms with Crippen LogP contribution < -0.4 is 10.1 Å². The highest BCUT2D eigenvalue weighted by molar-refractivity contribution is 6.07. The Bertz CT molecular complexity index is 1710. The molecule has 42 heavy (non-hydrogen) atoms. The fourth-order valence-corrected chi connectivity index (χ4v) is 6.23. The molecule has 1 aliphatic carbocycles. The lowest BCUT2D eigenvalue weighted by Gasteiger charge is -2.27. The number of ether oxygens (including phenoxy) is 1. The van der Waals surface area contributed by atoms with Gasteiger partial charge in [0.2, 0.25) is 11.8 Å². The summed E-state index contributed by atoms with van der Waals surface area (Å²) in [4.78, 5) is 50.2. The van der Waals surface area contributed by atoms with Crippen LogP contribution in [0.2, 0.25) is 0 Å². The van der Waals surface area contributed by atoms with Gasteiger partial charge in [0.05, 0.1) is 12.6 Å². The van der Waals surface area contributed by atoms with Crippen molar-refractivity contribution >= 4 is 28.5 Å². The zero-order valence-electron chi connectivity index (χ0n) is 24.5. The summed E-state index contributed by atoms with van der Waals surface area (Å²) < 4.78 is 6.82. The first-order valence-corrected chi connectivity index (χ1v) is 14.1.